The van der Waals surface area contributed by atoms with E-state index in [-0.39, 0.29) is 24.9 Å². The van der Waals surface area contributed by atoms with E-state index in [0.717, 1.165) is 0 Å². The molecule has 0 saturated carbocycles. The van der Waals surface area contributed by atoms with Gasteiger partial charge < -0.3 is 4.74 Å². The molecule has 0 aromatic carbocycles. The Labute approximate surface area is 60.6 Å². The van der Waals surface area contributed by atoms with E-state index in [1.165, 1.54) is 0 Å². The van der Waals surface area contributed by atoms with Gasteiger partial charge in [0.1, 0.15) is 0 Å². The van der Waals surface area contributed by atoms with E-state index in [0.29, 0.717) is 0 Å². The van der Waals surface area contributed by atoms with Crippen LogP contribution in [0.5, 0.6) is 0 Å². The molecule has 0 unspecified atom stereocenters. The number of nitrogens with zero attached hydrogens (tertiary/aromatic N) is 1. The summed E-state index contributed by atoms with van der Waals surface area (Å²) in [4.78, 5) is 10.6. The minimum atomic E-state index is -0.295. The molecule has 0 saturated heterocycles. The highest BCUT2D eigenvalue weighted by molar-refractivity contribution is 5.69. The highest BCUT2D eigenvalue weighted by Gasteiger charge is 2.03. The van der Waals surface area contributed by atoms with Crippen molar-refractivity contribution < 1.29 is 9.53 Å². The quantitative estimate of drug-likeness (QED) is 0.555. The van der Waals surface area contributed by atoms with Crippen LogP contribution in [0.1, 0.15) is 26.7 Å². The average Bonchev–Trinajstić information content (AvgIpc) is 1.82. The molecule has 3 heteroatoms. The molecule has 0 aliphatic heterocycles. The highest BCUT2D eigenvalue weighted by atomic mass is 16.5. The third-order valence-corrected chi connectivity index (χ3v) is 0.808. The fraction of sp³-hybridized carbons (Fsp3) is 0.714. The van der Waals surface area contributed by atoms with E-state index in [2.05, 4.69) is 0 Å². The van der Waals surface area contributed by atoms with Gasteiger partial charge in [0.15, 0.2) is 0 Å². The van der Waals surface area contributed by atoms with Crippen LogP contribution in [0.4, 0.5) is 0 Å². The summed E-state index contributed by atoms with van der Waals surface area (Å²) in [6, 6.07) is 1.87. The van der Waals surface area contributed by atoms with Crippen LogP contribution >= 0.6 is 0 Å². The maximum absolute atomic E-state index is 10.6. The van der Waals surface area contributed by atoms with Crippen LogP contribution in [0.15, 0.2) is 0 Å². The van der Waals surface area contributed by atoms with Gasteiger partial charge in [-0.1, -0.05) is 0 Å². The number of nitriles is 1. The molecule has 0 aromatic heterocycles. The number of esters is 1. The maximum atomic E-state index is 10.6. The number of carbonyl (C=O) groups is 1. The first-order valence-corrected chi connectivity index (χ1v) is 3.23. The maximum Gasteiger partial charge on any atom is 0.307 e. The highest BCUT2D eigenvalue weighted by Crippen LogP contribution is 1.95. The van der Waals surface area contributed by atoms with Crippen LogP contribution < -0.4 is 0 Å². The summed E-state index contributed by atoms with van der Waals surface area (Å²) in [5, 5.41) is 8.09. The lowest BCUT2D eigenvalue weighted by molar-refractivity contribution is -0.147. The van der Waals surface area contributed by atoms with Crippen molar-refractivity contribution in [2.75, 3.05) is 0 Å². The van der Waals surface area contributed by atoms with Crippen LogP contribution in [0.25, 0.3) is 0 Å². The van der Waals surface area contributed by atoms with E-state index in [9.17, 15) is 4.79 Å². The van der Waals surface area contributed by atoms with E-state index < -0.39 is 0 Å². The first-order chi connectivity index (χ1) is 4.66. The van der Waals surface area contributed by atoms with Gasteiger partial charge in [0.05, 0.1) is 18.6 Å². The number of ether oxygens (including phenoxy) is 1. The molecule has 0 heterocycles. The number of hydrogen-bond donors (Lipinski definition) is 0. The van der Waals surface area contributed by atoms with Crippen LogP contribution in [0.2, 0.25) is 0 Å². The van der Waals surface area contributed by atoms with Gasteiger partial charge >= 0.3 is 5.97 Å². The van der Waals surface area contributed by atoms with Gasteiger partial charge in [-0.3, -0.25) is 4.79 Å². The van der Waals surface area contributed by atoms with Crippen molar-refractivity contribution in [3.8, 4) is 6.07 Å². The Morgan fingerprint density at radius 1 is 1.70 bits per heavy atom. The lowest BCUT2D eigenvalue weighted by Gasteiger charge is -2.05. The van der Waals surface area contributed by atoms with Gasteiger partial charge in [0.25, 0.3) is 0 Å². The molecule has 10 heavy (non-hydrogen) atoms. The first-order valence-electron chi connectivity index (χ1n) is 3.23. The van der Waals surface area contributed by atoms with Gasteiger partial charge in [-0.25, -0.2) is 0 Å². The summed E-state index contributed by atoms with van der Waals surface area (Å²) in [5.74, 6) is -0.295. The largest absolute Gasteiger partial charge is 0.463 e. The minimum absolute atomic E-state index is 0.0776. The molecule has 0 fully saturated rings. The molecule has 0 aliphatic rings. The fourth-order valence-electron chi connectivity index (χ4n) is 0.480. The summed E-state index contributed by atoms with van der Waals surface area (Å²) in [6.07, 6.45) is 0.367. The van der Waals surface area contributed by atoms with Crippen LogP contribution in [0.3, 0.4) is 0 Å². The number of carbonyl (C=O) groups excluding carboxylic acids is 1. The zero-order valence-electron chi connectivity index (χ0n) is 6.26. The predicted molar refractivity (Wildman–Crippen MR) is 36.1 cm³/mol. The monoisotopic (exact) mass is 141 g/mol. The third-order valence-electron chi connectivity index (χ3n) is 0.808. The molecule has 0 spiro atoms. The van der Waals surface area contributed by atoms with Crippen LogP contribution in [-0.4, -0.2) is 12.1 Å². The van der Waals surface area contributed by atoms with Crippen molar-refractivity contribution >= 4 is 5.97 Å². The Balaban J connectivity index is 3.37. The molecule has 0 aromatic rings. The van der Waals surface area contributed by atoms with Gasteiger partial charge in [0, 0.05) is 6.42 Å². The molecule has 56 valence electrons. The molecular weight excluding hydrogens is 130 g/mol. The molecule has 0 bridgehead atoms. The summed E-state index contributed by atoms with van der Waals surface area (Å²) < 4.78 is 4.76. The zero-order valence-corrected chi connectivity index (χ0v) is 6.26. The molecule has 0 amide bonds. The summed E-state index contributed by atoms with van der Waals surface area (Å²) in [7, 11) is 0. The van der Waals surface area contributed by atoms with Gasteiger partial charge in [-0.05, 0) is 13.8 Å². The second kappa shape index (κ2) is 4.80. The van der Waals surface area contributed by atoms with Crippen LogP contribution in [-0.2, 0) is 9.53 Å². The Morgan fingerprint density at radius 2 is 2.30 bits per heavy atom. The fourth-order valence-corrected chi connectivity index (χ4v) is 0.480. The Kier molecular flexibility index (Phi) is 4.30. The van der Waals surface area contributed by atoms with E-state index >= 15 is 0 Å². The molecule has 0 atom stereocenters. The Bertz CT molecular complexity index is 146. The predicted octanol–water partition coefficient (Wildman–Crippen LogP) is 1.24. The van der Waals surface area contributed by atoms with Crippen molar-refractivity contribution in [2.45, 2.75) is 32.8 Å². The summed E-state index contributed by atoms with van der Waals surface area (Å²) >= 11 is 0. The smallest absolute Gasteiger partial charge is 0.307 e. The SMILES string of the molecule is CC(C)OC(=O)CCC#N. The lowest BCUT2D eigenvalue weighted by Crippen LogP contribution is -2.10. The standard InChI is InChI=1S/C7H11NO2/c1-6(2)10-7(9)4-3-5-8/h6H,3-4H2,1-2H3. The second-order valence-corrected chi connectivity index (χ2v) is 2.20. The zero-order chi connectivity index (χ0) is 7.98. The van der Waals surface area contributed by atoms with Crippen molar-refractivity contribution in [2.24, 2.45) is 0 Å². The normalized spacial score (nSPS) is 9.00. The van der Waals surface area contributed by atoms with E-state index in [1.54, 1.807) is 13.8 Å². The van der Waals surface area contributed by atoms with Crippen molar-refractivity contribution in [3.05, 3.63) is 0 Å². The van der Waals surface area contributed by atoms with Gasteiger partial charge in [-0.2, -0.15) is 5.26 Å². The van der Waals surface area contributed by atoms with Gasteiger partial charge in [-0.15, -0.1) is 0 Å². The number of rotatable bonds is 3. The average molecular weight is 141 g/mol. The number of hydrogen-bond acceptors (Lipinski definition) is 3. The molecular formula is C7H11NO2. The topological polar surface area (TPSA) is 50.1 Å². The Hall–Kier alpha value is -1.04. The summed E-state index contributed by atoms with van der Waals surface area (Å²) in [6.45, 7) is 3.56. The Morgan fingerprint density at radius 3 is 2.70 bits per heavy atom. The van der Waals surface area contributed by atoms with Crippen molar-refractivity contribution in [1.29, 1.82) is 5.26 Å². The van der Waals surface area contributed by atoms with E-state index in [4.69, 9.17) is 10.00 Å². The minimum Gasteiger partial charge on any atom is -0.463 e. The van der Waals surface area contributed by atoms with Crippen LogP contribution in [0, 0.1) is 11.3 Å². The second-order valence-electron chi connectivity index (χ2n) is 2.20. The van der Waals surface area contributed by atoms with Gasteiger partial charge in [0.2, 0.25) is 0 Å². The molecule has 3 nitrogen and oxygen atoms in total. The van der Waals surface area contributed by atoms with Crippen molar-refractivity contribution in [3.63, 3.8) is 0 Å². The third kappa shape index (κ3) is 5.10. The lowest BCUT2D eigenvalue weighted by atomic mass is 10.3. The summed E-state index contributed by atoms with van der Waals surface area (Å²) in [5.41, 5.74) is 0. The first kappa shape index (κ1) is 8.96. The molecule has 0 radical (unpaired) electrons. The van der Waals surface area contributed by atoms with E-state index in [1.807, 2.05) is 6.07 Å². The van der Waals surface area contributed by atoms with Crippen molar-refractivity contribution in [1.82, 2.24) is 0 Å². The molecule has 0 N–H and O–H groups in total. The molecule has 0 rings (SSSR count). The molecule has 0 aliphatic carbocycles.